The van der Waals surface area contributed by atoms with E-state index >= 15 is 0 Å². The van der Waals surface area contributed by atoms with Gasteiger partial charge in [0, 0.05) is 39.9 Å². The van der Waals surface area contributed by atoms with E-state index in [1.165, 1.54) is 18.2 Å². The summed E-state index contributed by atoms with van der Waals surface area (Å²) in [7, 11) is 0. The molecule has 10 heteroatoms. The molecule has 0 atom stereocenters. The van der Waals surface area contributed by atoms with Gasteiger partial charge in [-0.25, -0.2) is 0 Å². The fraction of sp³-hybridized carbons (Fsp3) is 0.133. The fourth-order valence-electron chi connectivity index (χ4n) is 4.05. The molecular formula is C30H23Cl2F3N2O3. The van der Waals surface area contributed by atoms with Crippen LogP contribution >= 0.6 is 23.2 Å². The second kappa shape index (κ2) is 12.4. The summed E-state index contributed by atoms with van der Waals surface area (Å²) < 4.78 is 40.5. The van der Waals surface area contributed by atoms with Gasteiger partial charge in [-0.2, -0.15) is 13.2 Å². The minimum absolute atomic E-state index is 0.0346. The van der Waals surface area contributed by atoms with Crippen LogP contribution in [0, 0.1) is 0 Å². The third-order valence-electron chi connectivity index (χ3n) is 6.13. The normalized spacial score (nSPS) is 11.2. The number of hydrogen-bond acceptors (Lipinski definition) is 3. The minimum Gasteiger partial charge on any atom is -0.481 e. The first kappa shape index (κ1) is 29.0. The van der Waals surface area contributed by atoms with Gasteiger partial charge in [-0.05, 0) is 70.8 Å². The molecule has 0 saturated heterocycles. The molecule has 0 aliphatic carbocycles. The van der Waals surface area contributed by atoms with Gasteiger partial charge in [0.1, 0.15) is 0 Å². The van der Waals surface area contributed by atoms with E-state index in [1.807, 2.05) is 30.3 Å². The van der Waals surface area contributed by atoms with Crippen LogP contribution in [0.25, 0.3) is 22.3 Å². The van der Waals surface area contributed by atoms with E-state index in [0.29, 0.717) is 26.7 Å². The summed E-state index contributed by atoms with van der Waals surface area (Å²) in [6.07, 6.45) is -4.74. The van der Waals surface area contributed by atoms with E-state index in [1.54, 1.807) is 24.3 Å². The molecule has 0 aliphatic heterocycles. The number of amides is 1. The minimum atomic E-state index is -4.52. The molecular weight excluding hydrogens is 564 g/mol. The molecule has 1 amide bonds. The zero-order valence-electron chi connectivity index (χ0n) is 20.9. The quantitative estimate of drug-likeness (QED) is 0.185. The van der Waals surface area contributed by atoms with Crippen LogP contribution in [0.5, 0.6) is 0 Å². The van der Waals surface area contributed by atoms with Crippen LogP contribution in [0.2, 0.25) is 10.0 Å². The maximum absolute atomic E-state index is 13.5. The standard InChI is InChI=1S/C30H23Cl2F3N2O3/c31-23-9-12-25(27(32)16-23)18-6-10-24(11-7-18)37-17-21-5-8-22(30(33,34)35)15-26(21)19-1-3-20(4-2-19)29(40)36-14-13-28(38)39/h1-12,15-16,37H,13-14,17H2,(H,36,40)(H,38,39). The van der Waals surface area contributed by atoms with Gasteiger partial charge in [-0.3, -0.25) is 9.59 Å². The van der Waals surface area contributed by atoms with Gasteiger partial charge in [-0.1, -0.05) is 59.6 Å². The third kappa shape index (κ3) is 7.34. The fourth-order valence-corrected chi connectivity index (χ4v) is 4.57. The topological polar surface area (TPSA) is 78.4 Å². The van der Waals surface area contributed by atoms with Gasteiger partial charge in [0.2, 0.25) is 0 Å². The molecule has 0 heterocycles. The van der Waals surface area contributed by atoms with E-state index in [9.17, 15) is 22.8 Å². The van der Waals surface area contributed by atoms with E-state index in [-0.39, 0.29) is 25.1 Å². The predicted molar refractivity (Wildman–Crippen MR) is 151 cm³/mol. The molecule has 206 valence electrons. The van der Waals surface area contributed by atoms with Crippen LogP contribution in [0.4, 0.5) is 18.9 Å². The van der Waals surface area contributed by atoms with Gasteiger partial charge < -0.3 is 15.7 Å². The molecule has 0 aliphatic rings. The number of benzene rings is 4. The summed E-state index contributed by atoms with van der Waals surface area (Å²) in [6, 6.07) is 22.4. The Balaban J connectivity index is 1.54. The molecule has 4 aromatic carbocycles. The summed E-state index contributed by atoms with van der Waals surface area (Å²) in [4.78, 5) is 22.9. The van der Waals surface area contributed by atoms with Crippen LogP contribution in [0.3, 0.4) is 0 Å². The predicted octanol–water partition coefficient (Wildman–Crippen LogP) is 8.16. The Hall–Kier alpha value is -4.01. The Labute approximate surface area is 238 Å². The highest BCUT2D eigenvalue weighted by Gasteiger charge is 2.31. The van der Waals surface area contributed by atoms with Crippen molar-refractivity contribution in [1.29, 1.82) is 0 Å². The first-order valence-electron chi connectivity index (χ1n) is 12.1. The van der Waals surface area contributed by atoms with Crippen molar-refractivity contribution in [3.8, 4) is 22.3 Å². The average molecular weight is 587 g/mol. The lowest BCUT2D eigenvalue weighted by Gasteiger charge is -2.16. The van der Waals surface area contributed by atoms with Crippen molar-refractivity contribution < 1.29 is 27.9 Å². The average Bonchev–Trinajstić information content (AvgIpc) is 2.91. The first-order valence-corrected chi connectivity index (χ1v) is 12.9. The summed E-state index contributed by atoms with van der Waals surface area (Å²) in [5.74, 6) is -1.51. The maximum atomic E-state index is 13.5. The number of alkyl halides is 3. The molecule has 0 radical (unpaired) electrons. The number of nitrogens with one attached hydrogen (secondary N) is 2. The highest BCUT2D eigenvalue weighted by Crippen LogP contribution is 2.35. The molecule has 5 nitrogen and oxygen atoms in total. The van der Waals surface area contributed by atoms with Crippen molar-refractivity contribution in [2.45, 2.75) is 19.1 Å². The zero-order chi connectivity index (χ0) is 28.9. The largest absolute Gasteiger partial charge is 0.481 e. The van der Waals surface area contributed by atoms with Gasteiger partial charge in [-0.15, -0.1) is 0 Å². The zero-order valence-corrected chi connectivity index (χ0v) is 22.4. The smallest absolute Gasteiger partial charge is 0.416 e. The van der Waals surface area contributed by atoms with Crippen molar-refractivity contribution in [2.24, 2.45) is 0 Å². The number of carboxylic acid groups (broad SMARTS) is 1. The van der Waals surface area contributed by atoms with E-state index in [0.717, 1.165) is 28.9 Å². The second-order valence-electron chi connectivity index (χ2n) is 8.90. The van der Waals surface area contributed by atoms with Crippen LogP contribution in [0.1, 0.15) is 27.9 Å². The number of rotatable bonds is 9. The van der Waals surface area contributed by atoms with Crippen molar-refractivity contribution in [1.82, 2.24) is 5.32 Å². The van der Waals surface area contributed by atoms with E-state index in [2.05, 4.69) is 10.6 Å². The van der Waals surface area contributed by atoms with Crippen molar-refractivity contribution in [3.63, 3.8) is 0 Å². The van der Waals surface area contributed by atoms with Gasteiger partial charge >= 0.3 is 12.1 Å². The van der Waals surface area contributed by atoms with E-state index < -0.39 is 23.6 Å². The molecule has 0 aromatic heterocycles. The molecule has 4 rings (SSSR count). The maximum Gasteiger partial charge on any atom is 0.416 e. The SMILES string of the molecule is O=C(O)CCNC(=O)c1ccc(-c2cc(C(F)(F)F)ccc2CNc2ccc(-c3ccc(Cl)cc3Cl)cc2)cc1. The second-order valence-corrected chi connectivity index (χ2v) is 9.75. The van der Waals surface area contributed by atoms with Gasteiger partial charge in [0.15, 0.2) is 0 Å². The Bertz CT molecular complexity index is 1520. The Morgan fingerprint density at radius 2 is 1.45 bits per heavy atom. The lowest BCUT2D eigenvalue weighted by molar-refractivity contribution is -0.138. The monoisotopic (exact) mass is 586 g/mol. The first-order chi connectivity index (χ1) is 19.0. The van der Waals surface area contributed by atoms with Crippen molar-refractivity contribution in [3.05, 3.63) is 112 Å². The molecule has 4 aromatic rings. The van der Waals surface area contributed by atoms with Gasteiger partial charge in [0.25, 0.3) is 5.91 Å². The Morgan fingerprint density at radius 1 is 0.800 bits per heavy atom. The number of hydrogen-bond donors (Lipinski definition) is 3. The van der Waals surface area contributed by atoms with Crippen LogP contribution in [-0.2, 0) is 17.5 Å². The van der Waals surface area contributed by atoms with Crippen molar-refractivity contribution in [2.75, 3.05) is 11.9 Å². The lowest BCUT2D eigenvalue weighted by Crippen LogP contribution is -2.25. The number of aliphatic carboxylic acids is 1. The summed E-state index contributed by atoms with van der Waals surface area (Å²) in [5.41, 5.74) is 3.43. The Morgan fingerprint density at radius 3 is 2.08 bits per heavy atom. The molecule has 0 fully saturated rings. The van der Waals surface area contributed by atoms with Gasteiger partial charge in [0.05, 0.1) is 12.0 Å². The number of anilines is 1. The molecule has 0 unspecified atom stereocenters. The molecule has 0 saturated carbocycles. The third-order valence-corrected chi connectivity index (χ3v) is 6.68. The van der Waals surface area contributed by atoms with Crippen LogP contribution in [0.15, 0.2) is 84.9 Å². The highest BCUT2D eigenvalue weighted by atomic mass is 35.5. The van der Waals surface area contributed by atoms with Crippen molar-refractivity contribution >= 4 is 40.8 Å². The molecule has 3 N–H and O–H groups in total. The summed E-state index contributed by atoms with van der Waals surface area (Å²) in [6.45, 7) is 0.207. The number of carboxylic acids is 1. The molecule has 0 spiro atoms. The Kier molecular flexibility index (Phi) is 9.02. The number of carbonyl (C=O) groups excluding carboxylic acids is 1. The summed E-state index contributed by atoms with van der Waals surface area (Å²) >= 11 is 12.3. The van der Waals surface area contributed by atoms with E-state index in [4.69, 9.17) is 28.3 Å². The lowest BCUT2D eigenvalue weighted by atomic mass is 9.96. The van der Waals surface area contributed by atoms with Crippen LogP contribution < -0.4 is 10.6 Å². The molecule has 40 heavy (non-hydrogen) atoms. The molecule has 0 bridgehead atoms. The number of halogens is 5. The van der Waals surface area contributed by atoms with Crippen LogP contribution in [-0.4, -0.2) is 23.5 Å². The summed E-state index contributed by atoms with van der Waals surface area (Å²) in [5, 5.41) is 15.5. The number of carbonyl (C=O) groups is 2. The highest BCUT2D eigenvalue weighted by molar-refractivity contribution is 6.36.